The molecule has 0 aliphatic heterocycles. The van der Waals surface area contributed by atoms with Crippen molar-refractivity contribution in [1.82, 2.24) is 4.72 Å². The van der Waals surface area contributed by atoms with Gasteiger partial charge in [0.25, 0.3) is 0 Å². The van der Waals surface area contributed by atoms with E-state index in [1.54, 1.807) is 18.2 Å². The number of rotatable bonds is 5. The van der Waals surface area contributed by atoms with Crippen molar-refractivity contribution in [3.8, 4) is 0 Å². The van der Waals surface area contributed by atoms with Crippen LogP contribution in [0.5, 0.6) is 0 Å². The molecule has 2 N–H and O–H groups in total. The van der Waals surface area contributed by atoms with Gasteiger partial charge < -0.3 is 5.11 Å². The molecule has 0 radical (unpaired) electrons. The Balaban J connectivity index is 2.13. The quantitative estimate of drug-likeness (QED) is 0.818. The predicted molar refractivity (Wildman–Crippen MR) is 79.4 cm³/mol. The first-order chi connectivity index (χ1) is 9.96. The van der Waals surface area contributed by atoms with E-state index in [0.717, 1.165) is 25.7 Å². The predicted octanol–water partition coefficient (Wildman–Crippen LogP) is 2.39. The van der Waals surface area contributed by atoms with E-state index in [1.165, 1.54) is 12.1 Å². The molecule has 5 nitrogen and oxygen atoms in total. The maximum atomic E-state index is 12.2. The number of carbonyl (C=O) groups is 1. The summed E-state index contributed by atoms with van der Waals surface area (Å²) in [7, 11) is -3.66. The van der Waals surface area contributed by atoms with Gasteiger partial charge in [-0.1, -0.05) is 43.9 Å². The molecule has 1 fully saturated rings. The summed E-state index contributed by atoms with van der Waals surface area (Å²) in [5.74, 6) is -0.903. The van der Waals surface area contributed by atoms with Crippen molar-refractivity contribution in [2.24, 2.45) is 5.41 Å². The van der Waals surface area contributed by atoms with Crippen LogP contribution in [-0.2, 0) is 14.8 Å². The first-order valence-electron chi connectivity index (χ1n) is 7.24. The van der Waals surface area contributed by atoms with Gasteiger partial charge in [0.1, 0.15) is 0 Å². The highest BCUT2D eigenvalue weighted by Gasteiger charge is 2.39. The highest BCUT2D eigenvalue weighted by molar-refractivity contribution is 7.89. The Morgan fingerprint density at radius 3 is 2.19 bits per heavy atom. The van der Waals surface area contributed by atoms with Gasteiger partial charge in [0.05, 0.1) is 10.3 Å². The number of aliphatic carboxylic acids is 1. The van der Waals surface area contributed by atoms with Crippen molar-refractivity contribution in [2.75, 3.05) is 6.54 Å². The van der Waals surface area contributed by atoms with Crippen LogP contribution in [0.1, 0.15) is 38.5 Å². The van der Waals surface area contributed by atoms with Gasteiger partial charge in [-0.2, -0.15) is 0 Å². The highest BCUT2D eigenvalue weighted by Crippen LogP contribution is 2.35. The second kappa shape index (κ2) is 6.58. The Hall–Kier alpha value is -1.40. The molecular weight excluding hydrogens is 290 g/mol. The summed E-state index contributed by atoms with van der Waals surface area (Å²) in [4.78, 5) is 11.8. The van der Waals surface area contributed by atoms with Crippen molar-refractivity contribution in [2.45, 2.75) is 43.4 Å². The maximum absolute atomic E-state index is 12.2. The molecule has 0 atom stereocenters. The summed E-state index contributed by atoms with van der Waals surface area (Å²) < 4.78 is 26.9. The van der Waals surface area contributed by atoms with Gasteiger partial charge >= 0.3 is 5.97 Å². The molecule has 0 spiro atoms. The Bertz CT molecular complexity index is 575. The smallest absolute Gasteiger partial charge is 0.310 e. The lowest BCUT2D eigenvalue weighted by atomic mass is 9.80. The van der Waals surface area contributed by atoms with E-state index in [1.807, 2.05) is 0 Å². The zero-order valence-corrected chi connectivity index (χ0v) is 12.7. The zero-order valence-electron chi connectivity index (χ0n) is 11.9. The normalized spacial score (nSPS) is 18.9. The van der Waals surface area contributed by atoms with Crippen LogP contribution in [0, 0.1) is 5.41 Å². The fraction of sp³-hybridized carbons (Fsp3) is 0.533. The Labute approximate surface area is 125 Å². The Morgan fingerprint density at radius 1 is 1.10 bits per heavy atom. The second-order valence-electron chi connectivity index (χ2n) is 5.64. The molecule has 0 unspecified atom stereocenters. The molecule has 1 aromatic carbocycles. The number of hydrogen-bond donors (Lipinski definition) is 2. The van der Waals surface area contributed by atoms with Crippen LogP contribution in [0.25, 0.3) is 0 Å². The minimum atomic E-state index is -3.66. The third-order valence-corrected chi connectivity index (χ3v) is 5.59. The standard InChI is InChI=1S/C15H21NO4S/c17-14(18)15(10-6-1-2-7-11-15)12-16-21(19,20)13-8-4-3-5-9-13/h3-5,8-9,16H,1-2,6-7,10-12H2,(H,17,18). The molecule has 6 heteroatoms. The highest BCUT2D eigenvalue weighted by atomic mass is 32.2. The van der Waals surface area contributed by atoms with Gasteiger partial charge in [0, 0.05) is 6.54 Å². The van der Waals surface area contributed by atoms with Gasteiger partial charge in [-0.05, 0) is 25.0 Å². The summed E-state index contributed by atoms with van der Waals surface area (Å²) in [6.45, 7) is -0.0421. The molecule has 0 amide bonds. The van der Waals surface area contributed by atoms with Crippen LogP contribution in [0.4, 0.5) is 0 Å². The topological polar surface area (TPSA) is 83.5 Å². The van der Waals surface area contributed by atoms with Crippen LogP contribution < -0.4 is 4.72 Å². The molecule has 1 aliphatic carbocycles. The molecule has 116 valence electrons. The number of nitrogens with one attached hydrogen (secondary N) is 1. The molecule has 0 bridgehead atoms. The molecule has 0 heterocycles. The number of benzene rings is 1. The molecule has 1 aromatic rings. The van der Waals surface area contributed by atoms with Gasteiger partial charge in [-0.3, -0.25) is 4.79 Å². The van der Waals surface area contributed by atoms with Crippen molar-refractivity contribution in [3.63, 3.8) is 0 Å². The van der Waals surface area contributed by atoms with Crippen LogP contribution in [0.2, 0.25) is 0 Å². The zero-order chi connectivity index (χ0) is 15.3. The van der Waals surface area contributed by atoms with Crippen LogP contribution in [0.3, 0.4) is 0 Å². The Kier molecular flexibility index (Phi) is 5.00. The number of sulfonamides is 1. The van der Waals surface area contributed by atoms with E-state index in [0.29, 0.717) is 12.8 Å². The van der Waals surface area contributed by atoms with E-state index in [4.69, 9.17) is 0 Å². The molecule has 1 aliphatic rings. The SMILES string of the molecule is O=C(O)C1(CNS(=O)(=O)c2ccccc2)CCCCCC1. The van der Waals surface area contributed by atoms with Gasteiger partial charge in [-0.25, -0.2) is 13.1 Å². The average molecular weight is 311 g/mol. The van der Waals surface area contributed by atoms with Crippen LogP contribution >= 0.6 is 0 Å². The van der Waals surface area contributed by atoms with E-state index >= 15 is 0 Å². The van der Waals surface area contributed by atoms with Gasteiger partial charge in [-0.15, -0.1) is 0 Å². The summed E-state index contributed by atoms with van der Waals surface area (Å²) in [5.41, 5.74) is -0.974. The van der Waals surface area contributed by atoms with Crippen LogP contribution in [-0.4, -0.2) is 26.0 Å². The second-order valence-corrected chi connectivity index (χ2v) is 7.40. The van der Waals surface area contributed by atoms with E-state index in [9.17, 15) is 18.3 Å². The summed E-state index contributed by atoms with van der Waals surface area (Å²) in [6, 6.07) is 8.04. The summed E-state index contributed by atoms with van der Waals surface area (Å²) in [5, 5.41) is 9.55. The molecule has 0 saturated heterocycles. The van der Waals surface area contributed by atoms with E-state index in [2.05, 4.69) is 4.72 Å². The monoisotopic (exact) mass is 311 g/mol. The lowest BCUT2D eigenvalue weighted by molar-refractivity contribution is -0.149. The molecule has 1 saturated carbocycles. The molecule has 21 heavy (non-hydrogen) atoms. The fourth-order valence-electron chi connectivity index (χ4n) is 2.79. The lowest BCUT2D eigenvalue weighted by Gasteiger charge is -2.28. The van der Waals surface area contributed by atoms with Crippen molar-refractivity contribution >= 4 is 16.0 Å². The summed E-state index contributed by atoms with van der Waals surface area (Å²) >= 11 is 0. The largest absolute Gasteiger partial charge is 0.481 e. The number of carboxylic acids is 1. The van der Waals surface area contributed by atoms with Gasteiger partial charge in [0.15, 0.2) is 0 Å². The molecule has 2 rings (SSSR count). The first-order valence-corrected chi connectivity index (χ1v) is 8.73. The average Bonchev–Trinajstić information content (AvgIpc) is 2.73. The minimum absolute atomic E-state index is 0.0421. The van der Waals surface area contributed by atoms with Crippen molar-refractivity contribution in [3.05, 3.63) is 30.3 Å². The lowest BCUT2D eigenvalue weighted by Crippen LogP contribution is -2.42. The third kappa shape index (κ3) is 3.83. The third-order valence-electron chi connectivity index (χ3n) is 4.17. The molecular formula is C15H21NO4S. The van der Waals surface area contributed by atoms with E-state index < -0.39 is 21.4 Å². The van der Waals surface area contributed by atoms with Crippen molar-refractivity contribution in [1.29, 1.82) is 0 Å². The number of hydrogen-bond acceptors (Lipinski definition) is 3. The molecule has 0 aromatic heterocycles. The maximum Gasteiger partial charge on any atom is 0.310 e. The number of carboxylic acid groups (broad SMARTS) is 1. The van der Waals surface area contributed by atoms with Gasteiger partial charge in [0.2, 0.25) is 10.0 Å². The van der Waals surface area contributed by atoms with E-state index in [-0.39, 0.29) is 11.4 Å². The minimum Gasteiger partial charge on any atom is -0.481 e. The van der Waals surface area contributed by atoms with Crippen LogP contribution in [0.15, 0.2) is 35.2 Å². The Morgan fingerprint density at radius 2 is 1.67 bits per heavy atom. The summed E-state index contributed by atoms with van der Waals surface area (Å²) in [6.07, 6.45) is 4.75. The fourth-order valence-corrected chi connectivity index (χ4v) is 3.94. The first kappa shape index (κ1) is 16.0. The van der Waals surface area contributed by atoms with Crippen molar-refractivity contribution < 1.29 is 18.3 Å².